The summed E-state index contributed by atoms with van der Waals surface area (Å²) in [5.74, 6) is -0.514. The number of hydrogen-bond donors (Lipinski definition) is 1. The summed E-state index contributed by atoms with van der Waals surface area (Å²) >= 11 is 0. The Kier molecular flexibility index (Phi) is 3.18. The molecule has 0 bridgehead atoms. The molecule has 5 rings (SSSR count). The number of carbonyl (C=O) groups is 2. The normalized spacial score (nSPS) is 13.2. The third-order valence-electron chi connectivity index (χ3n) is 5.25. The molecule has 27 heavy (non-hydrogen) atoms. The molecule has 0 atom stereocenters. The fourth-order valence-electron chi connectivity index (χ4n) is 4.07. The molecule has 0 saturated carbocycles. The van der Waals surface area contributed by atoms with Crippen LogP contribution in [0.25, 0.3) is 33.1 Å². The molecule has 2 aromatic carbocycles. The first kappa shape index (κ1) is 15.7. The Morgan fingerprint density at radius 1 is 1.19 bits per heavy atom. The van der Waals surface area contributed by atoms with Crippen molar-refractivity contribution in [3.05, 3.63) is 59.8 Å². The molecule has 4 aromatic rings. The molecule has 0 unspecified atom stereocenters. The van der Waals surface area contributed by atoms with E-state index in [9.17, 15) is 9.59 Å². The first-order valence-corrected chi connectivity index (χ1v) is 8.70. The van der Waals surface area contributed by atoms with Gasteiger partial charge in [-0.1, -0.05) is 24.3 Å². The van der Waals surface area contributed by atoms with Crippen LogP contribution in [0.3, 0.4) is 0 Å². The molecule has 6 nitrogen and oxygen atoms in total. The van der Waals surface area contributed by atoms with E-state index in [2.05, 4.69) is 18.4 Å². The van der Waals surface area contributed by atoms with Crippen LogP contribution in [0.1, 0.15) is 15.9 Å². The number of amides is 1. The summed E-state index contributed by atoms with van der Waals surface area (Å²) in [6.45, 7) is 2.22. The van der Waals surface area contributed by atoms with Gasteiger partial charge in [-0.2, -0.15) is 0 Å². The molecule has 0 aliphatic carbocycles. The minimum Gasteiger partial charge on any atom is -0.465 e. The molecule has 3 heterocycles. The van der Waals surface area contributed by atoms with Crippen LogP contribution in [0.15, 0.2) is 48.7 Å². The number of methoxy groups -OCH3 is 1. The van der Waals surface area contributed by atoms with Crippen molar-refractivity contribution in [2.45, 2.75) is 13.5 Å². The van der Waals surface area contributed by atoms with Gasteiger partial charge in [0.05, 0.1) is 29.4 Å². The molecule has 2 aromatic heterocycles. The van der Waals surface area contributed by atoms with Gasteiger partial charge in [0.25, 0.3) is 5.91 Å². The summed E-state index contributed by atoms with van der Waals surface area (Å²) in [7, 11) is 1.36. The average molecular weight is 359 g/mol. The van der Waals surface area contributed by atoms with E-state index in [4.69, 9.17) is 4.74 Å². The Labute approximate surface area is 154 Å². The third kappa shape index (κ3) is 2.13. The van der Waals surface area contributed by atoms with Gasteiger partial charge in [0.1, 0.15) is 6.54 Å². The zero-order valence-corrected chi connectivity index (χ0v) is 14.9. The monoisotopic (exact) mass is 359 g/mol. The van der Waals surface area contributed by atoms with E-state index in [1.807, 2.05) is 35.0 Å². The number of aromatic nitrogens is 2. The van der Waals surface area contributed by atoms with Crippen molar-refractivity contribution in [2.75, 3.05) is 12.5 Å². The summed E-state index contributed by atoms with van der Waals surface area (Å²) in [5, 5.41) is 2.07. The Morgan fingerprint density at radius 3 is 2.85 bits per heavy atom. The number of nitrogens with one attached hydrogen (secondary N) is 1. The van der Waals surface area contributed by atoms with Gasteiger partial charge in [0.15, 0.2) is 0 Å². The van der Waals surface area contributed by atoms with Crippen LogP contribution in [0, 0.1) is 6.92 Å². The smallest absolute Gasteiger partial charge is 0.337 e. The standard InChI is InChI=1S/C21H17N3O3/c1-12-15-7-6-14(21(26)27-2)10-17(15)23-11-18(25)22-24-9-8-13-4-3-5-16(19(12)23)20(13)24/h3-10H,11H2,1-2H3,(H,22,25). The predicted molar refractivity (Wildman–Crippen MR) is 103 cm³/mol. The van der Waals surface area contributed by atoms with Gasteiger partial charge >= 0.3 is 5.97 Å². The van der Waals surface area contributed by atoms with Crippen molar-refractivity contribution in [2.24, 2.45) is 0 Å². The van der Waals surface area contributed by atoms with E-state index < -0.39 is 5.97 Å². The lowest BCUT2D eigenvalue weighted by atomic mass is 10.0. The van der Waals surface area contributed by atoms with Crippen LogP contribution in [0.5, 0.6) is 0 Å². The third-order valence-corrected chi connectivity index (χ3v) is 5.25. The van der Waals surface area contributed by atoms with Gasteiger partial charge in [0, 0.05) is 22.5 Å². The average Bonchev–Trinajstić information content (AvgIpc) is 3.19. The molecule has 1 aliphatic heterocycles. The number of para-hydroxylation sites is 1. The number of ether oxygens (including phenoxy) is 1. The van der Waals surface area contributed by atoms with Crippen molar-refractivity contribution in [3.63, 3.8) is 0 Å². The van der Waals surface area contributed by atoms with Gasteiger partial charge in [-0.05, 0) is 30.7 Å². The molecule has 0 fully saturated rings. The van der Waals surface area contributed by atoms with Gasteiger partial charge in [0.2, 0.25) is 0 Å². The molecular weight excluding hydrogens is 342 g/mol. The van der Waals surface area contributed by atoms with E-state index in [1.54, 1.807) is 16.8 Å². The summed E-state index contributed by atoms with van der Waals surface area (Å²) in [4.78, 5) is 24.6. The first-order valence-electron chi connectivity index (χ1n) is 8.70. The topological polar surface area (TPSA) is 65.3 Å². The van der Waals surface area contributed by atoms with Gasteiger partial charge < -0.3 is 9.30 Å². The molecule has 1 aliphatic rings. The number of fused-ring (bicyclic) bond motifs is 4. The fourth-order valence-corrected chi connectivity index (χ4v) is 4.07. The largest absolute Gasteiger partial charge is 0.465 e. The SMILES string of the molecule is COC(=O)c1ccc2c(C)c3n(c2c1)CC(=O)Nn1ccc2cccc-3c21. The Bertz CT molecular complexity index is 1260. The predicted octanol–water partition coefficient (Wildman–Crippen LogP) is 3.44. The summed E-state index contributed by atoms with van der Waals surface area (Å²) in [6, 6.07) is 13.6. The molecule has 0 radical (unpaired) electrons. The highest BCUT2D eigenvalue weighted by Crippen LogP contribution is 2.38. The molecule has 6 heteroatoms. The Hall–Kier alpha value is -3.54. The second-order valence-electron chi connectivity index (χ2n) is 6.75. The van der Waals surface area contributed by atoms with Crippen molar-refractivity contribution < 1.29 is 14.3 Å². The molecular formula is C21H17N3O3. The number of nitrogens with zero attached hydrogens (tertiary/aromatic N) is 2. The van der Waals surface area contributed by atoms with Gasteiger partial charge in [-0.15, -0.1) is 0 Å². The lowest BCUT2D eigenvalue weighted by Gasteiger charge is -2.19. The lowest BCUT2D eigenvalue weighted by Crippen LogP contribution is -2.28. The number of aryl methyl sites for hydroxylation is 1. The quantitative estimate of drug-likeness (QED) is 0.530. The van der Waals surface area contributed by atoms with Crippen LogP contribution in [0.4, 0.5) is 0 Å². The van der Waals surface area contributed by atoms with Crippen LogP contribution < -0.4 is 5.43 Å². The van der Waals surface area contributed by atoms with Crippen molar-refractivity contribution in [1.29, 1.82) is 0 Å². The van der Waals surface area contributed by atoms with Gasteiger partial charge in [-0.25, -0.2) is 4.79 Å². The maximum absolute atomic E-state index is 12.6. The van der Waals surface area contributed by atoms with Gasteiger partial charge in [-0.3, -0.25) is 14.9 Å². The maximum atomic E-state index is 12.6. The zero-order valence-electron chi connectivity index (χ0n) is 14.9. The Balaban J connectivity index is 1.91. The van der Waals surface area contributed by atoms with E-state index in [0.717, 1.165) is 38.6 Å². The highest BCUT2D eigenvalue weighted by molar-refractivity contribution is 6.04. The number of rotatable bonds is 1. The van der Waals surface area contributed by atoms with E-state index in [1.165, 1.54) is 7.11 Å². The highest BCUT2D eigenvalue weighted by atomic mass is 16.5. The molecule has 134 valence electrons. The van der Waals surface area contributed by atoms with E-state index in [0.29, 0.717) is 5.56 Å². The molecule has 1 N–H and O–H groups in total. The number of hydrogen-bond acceptors (Lipinski definition) is 3. The number of benzene rings is 2. The molecule has 0 saturated heterocycles. The highest BCUT2D eigenvalue weighted by Gasteiger charge is 2.24. The Morgan fingerprint density at radius 2 is 2.04 bits per heavy atom. The number of carbonyl (C=O) groups excluding carboxylic acids is 2. The van der Waals surface area contributed by atoms with Crippen molar-refractivity contribution in [1.82, 2.24) is 9.24 Å². The minimum atomic E-state index is -0.392. The lowest BCUT2D eigenvalue weighted by molar-refractivity contribution is -0.117. The molecule has 1 amide bonds. The van der Waals surface area contributed by atoms with Crippen LogP contribution in [-0.4, -0.2) is 28.2 Å². The first-order chi connectivity index (χ1) is 13.1. The van der Waals surface area contributed by atoms with E-state index >= 15 is 0 Å². The minimum absolute atomic E-state index is 0.122. The van der Waals surface area contributed by atoms with Crippen LogP contribution in [-0.2, 0) is 16.1 Å². The maximum Gasteiger partial charge on any atom is 0.337 e. The second kappa shape index (κ2) is 5.48. The fraction of sp³-hybridized carbons (Fsp3) is 0.143. The number of esters is 1. The summed E-state index contributed by atoms with van der Waals surface area (Å²) in [6.07, 6.45) is 1.87. The van der Waals surface area contributed by atoms with Crippen molar-refractivity contribution >= 4 is 33.7 Å². The van der Waals surface area contributed by atoms with E-state index in [-0.39, 0.29) is 12.5 Å². The molecule has 0 spiro atoms. The van der Waals surface area contributed by atoms with Crippen molar-refractivity contribution in [3.8, 4) is 11.3 Å². The zero-order chi connectivity index (χ0) is 18.7. The van der Waals surface area contributed by atoms with Crippen LogP contribution >= 0.6 is 0 Å². The summed E-state index contributed by atoms with van der Waals surface area (Å²) < 4.78 is 8.62. The van der Waals surface area contributed by atoms with Crippen LogP contribution in [0.2, 0.25) is 0 Å². The second-order valence-corrected chi connectivity index (χ2v) is 6.75. The summed E-state index contributed by atoms with van der Waals surface area (Å²) in [5.41, 5.74) is 8.33.